The van der Waals surface area contributed by atoms with Gasteiger partial charge in [0.05, 0.1) is 18.0 Å². The normalized spacial score (nSPS) is 13.4. The number of carbonyl (C=O) groups excluding carboxylic acids is 2. The molecule has 1 aliphatic rings. The van der Waals surface area contributed by atoms with Crippen LogP contribution in [0.2, 0.25) is 0 Å². The lowest BCUT2D eigenvalue weighted by Gasteiger charge is -2.27. The molecule has 2 heterocycles. The number of benzene rings is 1. The van der Waals surface area contributed by atoms with Crippen molar-refractivity contribution in [3.8, 4) is 5.69 Å². The number of nitrogens with zero attached hydrogens (tertiary/aromatic N) is 3. The summed E-state index contributed by atoms with van der Waals surface area (Å²) in [5.74, 6) is -0.182. The van der Waals surface area contributed by atoms with Crippen molar-refractivity contribution in [2.45, 2.75) is 26.3 Å². The van der Waals surface area contributed by atoms with Crippen molar-refractivity contribution >= 4 is 23.5 Å². The second-order valence-corrected chi connectivity index (χ2v) is 6.12. The van der Waals surface area contributed by atoms with Gasteiger partial charge in [0.15, 0.2) is 5.69 Å². The smallest absolute Gasteiger partial charge is 0.359 e. The molecule has 0 atom stereocenters. The van der Waals surface area contributed by atoms with E-state index in [2.05, 4.69) is 5.10 Å². The van der Waals surface area contributed by atoms with Crippen LogP contribution in [0.15, 0.2) is 30.3 Å². The Hall–Kier alpha value is -2.34. The van der Waals surface area contributed by atoms with Gasteiger partial charge in [-0.3, -0.25) is 4.79 Å². The van der Waals surface area contributed by atoms with Crippen LogP contribution in [0.3, 0.4) is 0 Å². The van der Waals surface area contributed by atoms with E-state index in [1.54, 1.807) is 16.5 Å². The Kier molecular flexibility index (Phi) is 5.38. The number of ether oxygens (including phenoxy) is 1. The highest BCUT2D eigenvalue weighted by Crippen LogP contribution is 2.26. The molecule has 0 saturated heterocycles. The number of hydrogen-bond acceptors (Lipinski definition) is 4. The van der Waals surface area contributed by atoms with E-state index in [9.17, 15) is 9.59 Å². The molecule has 0 spiro atoms. The zero-order valence-corrected chi connectivity index (χ0v) is 14.8. The Morgan fingerprint density at radius 3 is 2.72 bits per heavy atom. The number of carbonyl (C=O) groups is 2. The number of amides is 1. The highest BCUT2D eigenvalue weighted by Gasteiger charge is 2.30. The minimum atomic E-state index is -0.458. The lowest BCUT2D eigenvalue weighted by Crippen LogP contribution is -2.36. The van der Waals surface area contributed by atoms with E-state index in [4.69, 9.17) is 16.3 Å². The van der Waals surface area contributed by atoms with Gasteiger partial charge in [-0.25, -0.2) is 9.48 Å². The van der Waals surface area contributed by atoms with Crippen LogP contribution in [0.1, 0.15) is 35.1 Å². The molecule has 0 saturated carbocycles. The van der Waals surface area contributed by atoms with Crippen molar-refractivity contribution in [1.82, 2.24) is 14.7 Å². The van der Waals surface area contributed by atoms with Crippen LogP contribution in [0.5, 0.6) is 0 Å². The van der Waals surface area contributed by atoms with Crippen LogP contribution in [-0.4, -0.2) is 45.6 Å². The minimum Gasteiger partial charge on any atom is -0.461 e. The molecule has 0 unspecified atom stereocenters. The summed E-state index contributed by atoms with van der Waals surface area (Å²) in [7, 11) is 0. The molecule has 0 fully saturated rings. The Labute approximate surface area is 151 Å². The molecule has 25 heavy (non-hydrogen) atoms. The zero-order valence-electron chi connectivity index (χ0n) is 14.1. The molecule has 0 radical (unpaired) electrons. The molecule has 0 bridgehead atoms. The van der Waals surface area contributed by atoms with Crippen LogP contribution in [0, 0.1) is 0 Å². The highest BCUT2D eigenvalue weighted by molar-refractivity contribution is 6.18. The maximum absolute atomic E-state index is 12.3. The van der Waals surface area contributed by atoms with E-state index in [1.807, 2.05) is 30.3 Å². The van der Waals surface area contributed by atoms with Gasteiger partial charge in [-0.1, -0.05) is 18.2 Å². The Bertz CT molecular complexity index is 773. The van der Waals surface area contributed by atoms with Crippen molar-refractivity contribution in [2.24, 2.45) is 0 Å². The maximum Gasteiger partial charge on any atom is 0.359 e. The third kappa shape index (κ3) is 3.54. The molecule has 0 aliphatic carbocycles. The van der Waals surface area contributed by atoms with E-state index in [0.717, 1.165) is 16.9 Å². The van der Waals surface area contributed by atoms with Crippen LogP contribution >= 0.6 is 11.6 Å². The molecule has 2 aromatic rings. The quantitative estimate of drug-likeness (QED) is 0.606. The van der Waals surface area contributed by atoms with Crippen LogP contribution in [0.25, 0.3) is 5.69 Å². The highest BCUT2D eigenvalue weighted by atomic mass is 35.5. The van der Waals surface area contributed by atoms with Gasteiger partial charge >= 0.3 is 5.97 Å². The predicted octanol–water partition coefficient (Wildman–Crippen LogP) is 2.56. The lowest BCUT2D eigenvalue weighted by atomic mass is 10.0. The average Bonchev–Trinajstić information content (AvgIpc) is 3.02. The third-order valence-corrected chi connectivity index (χ3v) is 4.38. The van der Waals surface area contributed by atoms with Crippen LogP contribution in [0.4, 0.5) is 0 Å². The van der Waals surface area contributed by atoms with Gasteiger partial charge in [-0.05, 0) is 19.1 Å². The van der Waals surface area contributed by atoms with E-state index >= 15 is 0 Å². The summed E-state index contributed by atoms with van der Waals surface area (Å²) >= 11 is 5.68. The molecule has 1 aromatic carbocycles. The monoisotopic (exact) mass is 361 g/mol. The van der Waals surface area contributed by atoms with Gasteiger partial charge in [-0.15, -0.1) is 11.6 Å². The standard InChI is InChI=1S/C18H20ClN3O3/c1-2-25-18(24)17-14-12-21(16(23)8-10-19)11-9-15(14)22(20-17)13-6-4-3-5-7-13/h3-7H,2,8-12H2,1H3. The summed E-state index contributed by atoms with van der Waals surface area (Å²) in [5.41, 5.74) is 2.87. The fourth-order valence-electron chi connectivity index (χ4n) is 3.02. The van der Waals surface area contributed by atoms with Gasteiger partial charge in [0.2, 0.25) is 5.91 Å². The number of fused-ring (bicyclic) bond motifs is 1. The summed E-state index contributed by atoms with van der Waals surface area (Å²) < 4.78 is 6.93. The molecule has 0 N–H and O–H groups in total. The number of halogens is 1. The van der Waals surface area contributed by atoms with Gasteiger partial charge in [-0.2, -0.15) is 5.10 Å². The lowest BCUT2D eigenvalue weighted by molar-refractivity contribution is -0.131. The summed E-state index contributed by atoms with van der Waals surface area (Å²) in [4.78, 5) is 26.3. The molecule has 132 valence electrons. The van der Waals surface area contributed by atoms with E-state index in [0.29, 0.717) is 25.9 Å². The second kappa shape index (κ2) is 7.70. The number of rotatable bonds is 5. The first kappa shape index (κ1) is 17.5. The molecular weight excluding hydrogens is 342 g/mol. The summed E-state index contributed by atoms with van der Waals surface area (Å²) in [6.45, 7) is 2.98. The van der Waals surface area contributed by atoms with Crippen molar-refractivity contribution in [3.05, 3.63) is 47.3 Å². The minimum absolute atomic E-state index is 0.0112. The zero-order chi connectivity index (χ0) is 17.8. The largest absolute Gasteiger partial charge is 0.461 e. The molecule has 1 aromatic heterocycles. The Morgan fingerprint density at radius 1 is 1.28 bits per heavy atom. The summed E-state index contributed by atoms with van der Waals surface area (Å²) in [6, 6.07) is 9.65. The predicted molar refractivity (Wildman–Crippen MR) is 94.0 cm³/mol. The van der Waals surface area contributed by atoms with Gasteiger partial charge < -0.3 is 9.64 Å². The van der Waals surface area contributed by atoms with Crippen LogP contribution < -0.4 is 0 Å². The molecule has 1 amide bonds. The second-order valence-electron chi connectivity index (χ2n) is 5.75. The van der Waals surface area contributed by atoms with Gasteiger partial charge in [0, 0.05) is 37.4 Å². The van der Waals surface area contributed by atoms with Crippen molar-refractivity contribution in [2.75, 3.05) is 19.0 Å². The van der Waals surface area contributed by atoms with Crippen molar-refractivity contribution in [1.29, 1.82) is 0 Å². The number of alkyl halides is 1. The maximum atomic E-state index is 12.3. The van der Waals surface area contributed by atoms with Crippen LogP contribution in [-0.2, 0) is 22.5 Å². The number of para-hydroxylation sites is 1. The SMILES string of the molecule is CCOC(=O)c1nn(-c2ccccc2)c2c1CN(C(=O)CCCl)CC2. The van der Waals surface area contributed by atoms with Gasteiger partial charge in [0.1, 0.15) is 0 Å². The van der Waals surface area contributed by atoms with E-state index in [-0.39, 0.29) is 24.1 Å². The fraction of sp³-hybridized carbons (Fsp3) is 0.389. The van der Waals surface area contributed by atoms with Crippen molar-refractivity contribution < 1.29 is 14.3 Å². The average molecular weight is 362 g/mol. The summed E-state index contributed by atoms with van der Waals surface area (Å²) in [5, 5.41) is 4.50. The number of hydrogen-bond donors (Lipinski definition) is 0. The first-order valence-corrected chi connectivity index (χ1v) is 8.86. The van der Waals surface area contributed by atoms with Crippen molar-refractivity contribution in [3.63, 3.8) is 0 Å². The molecule has 1 aliphatic heterocycles. The fourth-order valence-corrected chi connectivity index (χ4v) is 3.18. The summed E-state index contributed by atoms with van der Waals surface area (Å²) in [6.07, 6.45) is 0.920. The topological polar surface area (TPSA) is 64.4 Å². The number of esters is 1. The van der Waals surface area contributed by atoms with E-state index in [1.165, 1.54) is 0 Å². The molecule has 7 heteroatoms. The third-order valence-electron chi connectivity index (χ3n) is 4.19. The number of aromatic nitrogens is 2. The Balaban J connectivity index is 2.01. The Morgan fingerprint density at radius 2 is 2.04 bits per heavy atom. The first-order chi connectivity index (χ1) is 12.2. The van der Waals surface area contributed by atoms with E-state index < -0.39 is 5.97 Å². The molecule has 3 rings (SSSR count). The molecule has 6 nitrogen and oxygen atoms in total. The first-order valence-electron chi connectivity index (χ1n) is 8.32. The molecular formula is C18H20ClN3O3. The van der Waals surface area contributed by atoms with Gasteiger partial charge in [0.25, 0.3) is 0 Å².